The summed E-state index contributed by atoms with van der Waals surface area (Å²) in [7, 11) is 0. The number of hydrogen-bond acceptors (Lipinski definition) is 2. The molecule has 1 saturated heterocycles. The van der Waals surface area contributed by atoms with Crippen LogP contribution in [0.3, 0.4) is 0 Å². The Morgan fingerprint density at radius 1 is 1.46 bits per heavy atom. The van der Waals surface area contributed by atoms with Gasteiger partial charge in [0.2, 0.25) is 0 Å². The summed E-state index contributed by atoms with van der Waals surface area (Å²) in [6.45, 7) is 1.45. The Bertz CT molecular complexity index is 304. The van der Waals surface area contributed by atoms with Crippen molar-refractivity contribution in [2.24, 2.45) is 0 Å². The summed E-state index contributed by atoms with van der Waals surface area (Å²) in [6, 6.07) is 1.90. The first-order valence-corrected chi connectivity index (χ1v) is 4.43. The molecule has 1 aliphatic heterocycles. The van der Waals surface area contributed by atoms with Crippen LogP contribution in [-0.4, -0.2) is 23.0 Å². The number of ether oxygens (including phenoxy) is 1. The molecule has 1 aromatic heterocycles. The average Bonchev–Trinajstić information content (AvgIpc) is 2.72. The van der Waals surface area contributed by atoms with E-state index in [0.717, 1.165) is 26.1 Å². The molecule has 0 N–H and O–H groups in total. The Hall–Kier alpha value is -1.27. The summed E-state index contributed by atoms with van der Waals surface area (Å²) < 4.78 is 7.16. The lowest BCUT2D eigenvalue weighted by atomic mass is 9.91. The molecular weight excluding hydrogens is 164 g/mol. The van der Waals surface area contributed by atoms with Crippen molar-refractivity contribution in [2.45, 2.75) is 18.4 Å². The second-order valence-corrected chi connectivity index (χ2v) is 3.24. The summed E-state index contributed by atoms with van der Waals surface area (Å²) in [5.74, 6) is 2.84. The van der Waals surface area contributed by atoms with Crippen LogP contribution in [0.2, 0.25) is 0 Å². The molecule has 2 heterocycles. The predicted molar refractivity (Wildman–Crippen MR) is 49.1 cm³/mol. The molecule has 0 unspecified atom stereocenters. The molecule has 1 aliphatic rings. The number of terminal acetylenes is 1. The minimum Gasteiger partial charge on any atom is -0.381 e. The summed E-state index contributed by atoms with van der Waals surface area (Å²) in [4.78, 5) is 0. The number of hydrogen-bond donors (Lipinski definition) is 0. The third-order valence-electron chi connectivity index (χ3n) is 2.53. The molecule has 68 valence electrons. The quantitative estimate of drug-likeness (QED) is 0.597. The van der Waals surface area contributed by atoms with Crippen molar-refractivity contribution >= 4 is 0 Å². The van der Waals surface area contributed by atoms with E-state index in [4.69, 9.17) is 11.2 Å². The van der Waals surface area contributed by atoms with Crippen LogP contribution in [-0.2, 0) is 10.3 Å². The number of nitrogens with zero attached hydrogens (tertiary/aromatic N) is 2. The molecule has 2 rings (SSSR count). The molecule has 1 aromatic rings. The minimum absolute atomic E-state index is 0.248. The molecule has 0 saturated carbocycles. The van der Waals surface area contributed by atoms with Crippen LogP contribution < -0.4 is 0 Å². The smallest absolute Gasteiger partial charge is 0.127 e. The van der Waals surface area contributed by atoms with E-state index in [9.17, 15) is 0 Å². The highest BCUT2D eigenvalue weighted by Crippen LogP contribution is 2.27. The monoisotopic (exact) mass is 176 g/mol. The van der Waals surface area contributed by atoms with Crippen LogP contribution in [0, 0.1) is 12.3 Å². The highest BCUT2D eigenvalue weighted by atomic mass is 16.5. The highest BCUT2D eigenvalue weighted by molar-refractivity contribution is 5.11. The van der Waals surface area contributed by atoms with Gasteiger partial charge < -0.3 is 4.74 Å². The van der Waals surface area contributed by atoms with Gasteiger partial charge in [0.15, 0.2) is 0 Å². The van der Waals surface area contributed by atoms with Crippen LogP contribution in [0.1, 0.15) is 12.8 Å². The molecular formula is C10H12N2O. The van der Waals surface area contributed by atoms with Crippen molar-refractivity contribution in [1.29, 1.82) is 0 Å². The van der Waals surface area contributed by atoms with E-state index in [1.54, 1.807) is 6.20 Å². The van der Waals surface area contributed by atoms with Crippen LogP contribution in [0.5, 0.6) is 0 Å². The molecule has 3 nitrogen and oxygen atoms in total. The SMILES string of the molecule is C#CC1(n2cccn2)CCOCC1. The van der Waals surface area contributed by atoms with Gasteiger partial charge in [0.05, 0.1) is 0 Å². The molecule has 0 bridgehead atoms. The second kappa shape index (κ2) is 3.23. The highest BCUT2D eigenvalue weighted by Gasteiger charge is 2.32. The fourth-order valence-electron chi connectivity index (χ4n) is 1.67. The maximum atomic E-state index is 5.56. The minimum atomic E-state index is -0.248. The van der Waals surface area contributed by atoms with Crippen molar-refractivity contribution < 1.29 is 4.74 Å². The van der Waals surface area contributed by atoms with Crippen LogP contribution in [0.15, 0.2) is 18.5 Å². The van der Waals surface area contributed by atoms with Crippen LogP contribution in [0.25, 0.3) is 0 Å². The fourth-order valence-corrected chi connectivity index (χ4v) is 1.67. The van der Waals surface area contributed by atoms with Crippen LogP contribution >= 0.6 is 0 Å². The molecule has 0 atom stereocenters. The zero-order valence-electron chi connectivity index (χ0n) is 7.44. The molecule has 1 fully saturated rings. The first-order chi connectivity index (χ1) is 6.37. The van der Waals surface area contributed by atoms with Gasteiger partial charge in [-0.1, -0.05) is 5.92 Å². The Kier molecular flexibility index (Phi) is 2.07. The average molecular weight is 176 g/mol. The molecule has 13 heavy (non-hydrogen) atoms. The number of rotatable bonds is 1. The Morgan fingerprint density at radius 3 is 2.77 bits per heavy atom. The van der Waals surface area contributed by atoms with Crippen LogP contribution in [0.4, 0.5) is 0 Å². The van der Waals surface area contributed by atoms with Gasteiger partial charge in [-0.3, -0.25) is 4.68 Å². The van der Waals surface area contributed by atoms with Crippen molar-refractivity contribution in [1.82, 2.24) is 9.78 Å². The fraction of sp³-hybridized carbons (Fsp3) is 0.500. The Labute approximate surface area is 77.7 Å². The molecule has 0 radical (unpaired) electrons. The van der Waals surface area contributed by atoms with E-state index in [-0.39, 0.29) is 5.54 Å². The standard InChI is InChI=1S/C10H12N2O/c1-2-10(4-8-13-9-5-10)12-7-3-6-11-12/h1,3,6-7H,4-5,8-9H2. The van der Waals surface area contributed by atoms with Gasteiger partial charge in [0, 0.05) is 38.4 Å². The van der Waals surface area contributed by atoms with Gasteiger partial charge in [0.1, 0.15) is 5.54 Å². The Balaban J connectivity index is 2.30. The maximum Gasteiger partial charge on any atom is 0.127 e. The molecule has 0 aromatic carbocycles. The van der Waals surface area contributed by atoms with Crippen molar-refractivity contribution in [3.63, 3.8) is 0 Å². The summed E-state index contributed by atoms with van der Waals surface area (Å²) in [5, 5.41) is 4.20. The van der Waals surface area contributed by atoms with Gasteiger partial charge >= 0.3 is 0 Å². The second-order valence-electron chi connectivity index (χ2n) is 3.24. The van der Waals surface area contributed by atoms with Gasteiger partial charge in [-0.25, -0.2) is 0 Å². The summed E-state index contributed by atoms with van der Waals surface area (Å²) >= 11 is 0. The largest absolute Gasteiger partial charge is 0.381 e. The van der Waals surface area contributed by atoms with Crippen molar-refractivity contribution in [3.05, 3.63) is 18.5 Å². The van der Waals surface area contributed by atoms with Crippen molar-refractivity contribution in [3.8, 4) is 12.3 Å². The lowest BCUT2D eigenvalue weighted by molar-refractivity contribution is 0.0411. The van der Waals surface area contributed by atoms with E-state index in [2.05, 4.69) is 11.0 Å². The van der Waals surface area contributed by atoms with Gasteiger partial charge in [-0.15, -0.1) is 6.42 Å². The molecule has 0 amide bonds. The van der Waals surface area contributed by atoms with E-state index in [1.165, 1.54) is 0 Å². The third kappa shape index (κ3) is 1.34. The summed E-state index contributed by atoms with van der Waals surface area (Å²) in [6.07, 6.45) is 10.9. The van der Waals surface area contributed by atoms with Crippen molar-refractivity contribution in [2.75, 3.05) is 13.2 Å². The first kappa shape index (κ1) is 8.33. The predicted octanol–water partition coefficient (Wildman–Crippen LogP) is 1.02. The van der Waals surface area contributed by atoms with E-state index in [1.807, 2.05) is 16.9 Å². The maximum absolute atomic E-state index is 5.56. The van der Waals surface area contributed by atoms with Gasteiger partial charge in [0.25, 0.3) is 0 Å². The zero-order valence-corrected chi connectivity index (χ0v) is 7.44. The van der Waals surface area contributed by atoms with Gasteiger partial charge in [-0.2, -0.15) is 5.10 Å². The number of aromatic nitrogens is 2. The molecule has 3 heteroatoms. The normalized spacial score (nSPS) is 20.8. The topological polar surface area (TPSA) is 27.1 Å². The first-order valence-electron chi connectivity index (χ1n) is 4.43. The molecule has 0 aliphatic carbocycles. The molecule has 0 spiro atoms. The van der Waals surface area contributed by atoms with E-state index < -0.39 is 0 Å². The summed E-state index contributed by atoms with van der Waals surface area (Å²) in [5.41, 5.74) is -0.248. The lowest BCUT2D eigenvalue weighted by Gasteiger charge is -2.32. The van der Waals surface area contributed by atoms with Gasteiger partial charge in [-0.05, 0) is 6.07 Å². The lowest BCUT2D eigenvalue weighted by Crippen LogP contribution is -2.38. The van der Waals surface area contributed by atoms with E-state index in [0.29, 0.717) is 0 Å². The zero-order chi connectivity index (χ0) is 9.15. The Morgan fingerprint density at radius 2 is 2.23 bits per heavy atom. The third-order valence-corrected chi connectivity index (χ3v) is 2.53. The van der Waals surface area contributed by atoms with E-state index >= 15 is 0 Å².